The van der Waals surface area contributed by atoms with E-state index in [4.69, 9.17) is 35.8 Å². The van der Waals surface area contributed by atoms with E-state index < -0.39 is 19.8 Å². The molecule has 0 aromatic carbocycles. The fourth-order valence-corrected chi connectivity index (χ4v) is 0.632. The van der Waals surface area contributed by atoms with Gasteiger partial charge in [-0.15, -0.1) is 0 Å². The minimum Gasteiger partial charge on any atom is -0.480 e. The molecule has 0 amide bonds. The molecule has 9 heteroatoms. The number of carboxylic acids is 1. The van der Waals surface area contributed by atoms with Crippen LogP contribution in [0.25, 0.3) is 0 Å². The first-order valence-corrected chi connectivity index (χ1v) is 5.71. The smallest absolute Gasteiger partial charge is 0.466 e. The van der Waals surface area contributed by atoms with Crippen LogP contribution in [-0.4, -0.2) is 38.3 Å². The molecule has 8 N–H and O–H groups in total. The fourth-order valence-electron chi connectivity index (χ4n) is 0.632. The van der Waals surface area contributed by atoms with Gasteiger partial charge in [0.15, 0.2) is 0 Å². The van der Waals surface area contributed by atoms with E-state index in [1.165, 1.54) is 0 Å². The molecule has 0 aliphatic carbocycles. The number of hydrogen-bond acceptors (Lipinski definition) is 4. The van der Waals surface area contributed by atoms with E-state index in [0.717, 1.165) is 12.8 Å². The van der Waals surface area contributed by atoms with Crippen LogP contribution in [-0.2, 0) is 9.36 Å². The Morgan fingerprint density at radius 3 is 1.93 bits per heavy atom. The molecule has 0 bridgehead atoms. The van der Waals surface area contributed by atoms with Crippen molar-refractivity contribution in [3.63, 3.8) is 0 Å². The lowest BCUT2D eigenvalue weighted by Gasteiger charge is -2.03. The molecular weight excluding hydrogens is 227 g/mol. The second kappa shape index (κ2) is 8.78. The monoisotopic (exact) mass is 244 g/mol. The molecule has 0 heterocycles. The van der Waals surface area contributed by atoms with Gasteiger partial charge in [-0.2, -0.15) is 0 Å². The molecule has 1 unspecified atom stereocenters. The summed E-state index contributed by atoms with van der Waals surface area (Å²) < 4.78 is 8.88. The van der Waals surface area contributed by atoms with Gasteiger partial charge in [-0.05, 0) is 19.4 Å². The van der Waals surface area contributed by atoms with E-state index in [1.54, 1.807) is 0 Å². The molecule has 0 aromatic rings. The van der Waals surface area contributed by atoms with Gasteiger partial charge in [0, 0.05) is 0 Å². The van der Waals surface area contributed by atoms with Gasteiger partial charge in [-0.1, -0.05) is 6.42 Å². The maximum absolute atomic E-state index is 10.1. The Labute approximate surface area is 87.1 Å². The second-order valence-corrected chi connectivity index (χ2v) is 3.77. The maximum atomic E-state index is 10.1. The van der Waals surface area contributed by atoms with Crippen molar-refractivity contribution in [3.05, 3.63) is 0 Å². The molecule has 0 aliphatic rings. The van der Waals surface area contributed by atoms with E-state index >= 15 is 0 Å². The number of nitrogens with two attached hydrogens (primary N) is 2. The summed E-state index contributed by atoms with van der Waals surface area (Å²) >= 11 is 0. The summed E-state index contributed by atoms with van der Waals surface area (Å²) in [7, 11) is -4.64. The van der Waals surface area contributed by atoms with Crippen molar-refractivity contribution in [1.82, 2.24) is 0 Å². The van der Waals surface area contributed by atoms with Crippen LogP contribution < -0.4 is 11.5 Å². The van der Waals surface area contributed by atoms with Gasteiger partial charge in [-0.25, -0.2) is 4.57 Å². The average molecular weight is 244 g/mol. The molecule has 8 nitrogen and oxygen atoms in total. The van der Waals surface area contributed by atoms with E-state index in [0.29, 0.717) is 13.0 Å². The summed E-state index contributed by atoms with van der Waals surface area (Å²) in [6.07, 6.45) is 2.16. The lowest BCUT2D eigenvalue weighted by Crippen LogP contribution is -2.29. The molecular formula is C6H17N2O6P. The van der Waals surface area contributed by atoms with E-state index in [1.807, 2.05) is 0 Å². The number of rotatable bonds is 5. The van der Waals surface area contributed by atoms with Crippen LogP contribution in [0.1, 0.15) is 19.3 Å². The first kappa shape index (κ1) is 16.9. The lowest BCUT2D eigenvalue weighted by atomic mass is 10.1. The topological polar surface area (TPSA) is 167 Å². The fraction of sp³-hybridized carbons (Fsp3) is 0.833. The molecule has 0 saturated carbocycles. The standard InChI is InChI=1S/C6H14N2O2.H3O4P/c7-4-2-1-3-5(8)6(9)10;1-5(2,3)4/h5H,1-4,7-8H2,(H,9,10);(H3,1,2,3,4). The predicted molar refractivity (Wildman–Crippen MR) is 52.8 cm³/mol. The summed E-state index contributed by atoms with van der Waals surface area (Å²) in [5.41, 5.74) is 10.4. The molecule has 0 aromatic heterocycles. The molecule has 0 aliphatic heterocycles. The van der Waals surface area contributed by atoms with Crippen LogP contribution >= 0.6 is 7.82 Å². The van der Waals surface area contributed by atoms with Gasteiger partial charge in [0.05, 0.1) is 0 Å². The Kier molecular flexibility index (Phi) is 9.90. The van der Waals surface area contributed by atoms with Crippen LogP contribution in [0.5, 0.6) is 0 Å². The summed E-state index contributed by atoms with van der Waals surface area (Å²) in [5.74, 6) is -0.933. The highest BCUT2D eigenvalue weighted by Crippen LogP contribution is 2.25. The minimum absolute atomic E-state index is 0.520. The van der Waals surface area contributed by atoms with Crippen molar-refractivity contribution in [2.45, 2.75) is 25.3 Å². The highest BCUT2D eigenvalue weighted by Gasteiger charge is 2.09. The number of carbonyl (C=O) groups is 1. The van der Waals surface area contributed by atoms with Crippen molar-refractivity contribution in [3.8, 4) is 0 Å². The molecule has 0 spiro atoms. The largest absolute Gasteiger partial charge is 0.480 e. The van der Waals surface area contributed by atoms with Gasteiger partial charge in [0.1, 0.15) is 6.04 Å². The third-order valence-corrected chi connectivity index (χ3v) is 1.29. The summed E-state index contributed by atoms with van der Waals surface area (Å²) in [6, 6.07) is -0.716. The molecule has 0 rings (SSSR count). The molecule has 92 valence electrons. The van der Waals surface area contributed by atoms with Gasteiger partial charge in [0.25, 0.3) is 0 Å². The van der Waals surface area contributed by atoms with Crippen molar-refractivity contribution < 1.29 is 29.1 Å². The summed E-state index contributed by atoms with van der Waals surface area (Å²) in [5, 5.41) is 8.33. The van der Waals surface area contributed by atoms with Crippen LogP contribution in [0, 0.1) is 0 Å². The third-order valence-electron chi connectivity index (χ3n) is 1.29. The van der Waals surface area contributed by atoms with Crippen LogP contribution in [0.4, 0.5) is 0 Å². The zero-order chi connectivity index (χ0) is 12.5. The molecule has 0 saturated heterocycles. The second-order valence-electron chi connectivity index (χ2n) is 2.74. The Hall–Kier alpha value is -0.500. The normalized spacial score (nSPS) is 12.6. The first-order valence-electron chi connectivity index (χ1n) is 4.15. The highest BCUT2D eigenvalue weighted by atomic mass is 31.2. The molecule has 15 heavy (non-hydrogen) atoms. The molecule has 1 atom stereocenters. The third kappa shape index (κ3) is 24.7. The lowest BCUT2D eigenvalue weighted by molar-refractivity contribution is -0.138. The molecule has 0 radical (unpaired) electrons. The van der Waals surface area contributed by atoms with Gasteiger partial charge >= 0.3 is 13.8 Å². The summed E-state index contributed by atoms with van der Waals surface area (Å²) in [6.45, 7) is 0.604. The quantitative estimate of drug-likeness (QED) is 0.253. The van der Waals surface area contributed by atoms with Crippen molar-refractivity contribution in [1.29, 1.82) is 0 Å². The van der Waals surface area contributed by atoms with Crippen molar-refractivity contribution >= 4 is 13.8 Å². The van der Waals surface area contributed by atoms with Gasteiger partial charge in [0.2, 0.25) is 0 Å². The average Bonchev–Trinajstić information content (AvgIpc) is 2.01. The SMILES string of the molecule is NCCCCC(N)C(=O)O.O=P(O)(O)O. The minimum atomic E-state index is -4.64. The zero-order valence-electron chi connectivity index (χ0n) is 8.11. The Morgan fingerprint density at radius 2 is 1.67 bits per heavy atom. The van der Waals surface area contributed by atoms with Gasteiger partial charge < -0.3 is 31.3 Å². The van der Waals surface area contributed by atoms with Crippen LogP contribution in [0.3, 0.4) is 0 Å². The van der Waals surface area contributed by atoms with Gasteiger partial charge in [-0.3, -0.25) is 4.79 Å². The first-order chi connectivity index (χ1) is 6.68. The van der Waals surface area contributed by atoms with E-state index in [-0.39, 0.29) is 0 Å². The van der Waals surface area contributed by atoms with Crippen molar-refractivity contribution in [2.75, 3.05) is 6.54 Å². The Bertz CT molecular complexity index is 209. The highest BCUT2D eigenvalue weighted by molar-refractivity contribution is 7.45. The molecule has 0 fully saturated rings. The zero-order valence-corrected chi connectivity index (χ0v) is 9.01. The van der Waals surface area contributed by atoms with Crippen LogP contribution in [0.15, 0.2) is 0 Å². The van der Waals surface area contributed by atoms with Crippen LogP contribution in [0.2, 0.25) is 0 Å². The number of phosphoric acid groups is 1. The Morgan fingerprint density at radius 1 is 1.27 bits per heavy atom. The number of hydrogen-bond donors (Lipinski definition) is 6. The van der Waals surface area contributed by atoms with Crippen molar-refractivity contribution in [2.24, 2.45) is 11.5 Å². The van der Waals surface area contributed by atoms with E-state index in [9.17, 15) is 4.79 Å². The van der Waals surface area contributed by atoms with E-state index in [2.05, 4.69) is 0 Å². The number of aliphatic carboxylic acids is 1. The predicted octanol–water partition coefficient (Wildman–Crippen LogP) is -1.40. The Balaban J connectivity index is 0. The number of carboxylic acid groups (broad SMARTS) is 1. The maximum Gasteiger partial charge on any atom is 0.466 e. The summed E-state index contributed by atoms with van der Waals surface area (Å²) in [4.78, 5) is 31.7. The number of unbranched alkanes of at least 4 members (excludes halogenated alkanes) is 1.